The summed E-state index contributed by atoms with van der Waals surface area (Å²) in [5.74, 6) is 0.857. The molecule has 1 rings (SSSR count). The van der Waals surface area contributed by atoms with Gasteiger partial charge in [-0.05, 0) is 36.2 Å². The van der Waals surface area contributed by atoms with Crippen molar-refractivity contribution >= 4 is 12.0 Å². The predicted octanol–water partition coefficient (Wildman–Crippen LogP) is 1.76. The molecule has 1 aromatic rings. The van der Waals surface area contributed by atoms with Crippen LogP contribution in [0.2, 0.25) is 0 Å². The molecular formula is C12H17NO3. The van der Waals surface area contributed by atoms with E-state index in [1.54, 1.807) is 7.11 Å². The van der Waals surface area contributed by atoms with Crippen LogP contribution in [0.25, 0.3) is 5.57 Å². The van der Waals surface area contributed by atoms with Crippen molar-refractivity contribution in [3.8, 4) is 5.75 Å². The summed E-state index contributed by atoms with van der Waals surface area (Å²) in [5.41, 5.74) is 7.60. The Bertz CT molecular complexity index is 337. The summed E-state index contributed by atoms with van der Waals surface area (Å²) < 4.78 is 5.11. The molecule has 0 spiro atoms. The molecule has 0 heterocycles. The van der Waals surface area contributed by atoms with Crippen molar-refractivity contribution in [1.82, 2.24) is 0 Å². The van der Waals surface area contributed by atoms with E-state index >= 15 is 0 Å². The lowest BCUT2D eigenvalue weighted by Crippen LogP contribution is -1.99. The Hall–Kier alpha value is -1.81. The minimum Gasteiger partial charge on any atom is -0.497 e. The normalized spacial score (nSPS) is 8.62. The zero-order valence-electron chi connectivity index (χ0n) is 9.35. The van der Waals surface area contributed by atoms with Crippen molar-refractivity contribution in [2.24, 2.45) is 5.73 Å². The average molecular weight is 223 g/mol. The van der Waals surface area contributed by atoms with Gasteiger partial charge in [0.05, 0.1) is 7.11 Å². The molecular weight excluding hydrogens is 206 g/mol. The highest BCUT2D eigenvalue weighted by Gasteiger charge is 1.98. The van der Waals surface area contributed by atoms with Gasteiger partial charge in [-0.1, -0.05) is 18.7 Å². The van der Waals surface area contributed by atoms with E-state index in [-0.39, 0.29) is 6.47 Å². The van der Waals surface area contributed by atoms with Gasteiger partial charge < -0.3 is 15.6 Å². The lowest BCUT2D eigenvalue weighted by molar-refractivity contribution is -0.122. The van der Waals surface area contributed by atoms with E-state index in [1.165, 1.54) is 0 Å². The van der Waals surface area contributed by atoms with Gasteiger partial charge in [-0.2, -0.15) is 0 Å². The van der Waals surface area contributed by atoms with E-state index in [4.69, 9.17) is 20.4 Å². The molecule has 0 aromatic heterocycles. The maximum absolute atomic E-state index is 8.36. The fraction of sp³-hybridized carbons (Fsp3) is 0.250. The number of methoxy groups -OCH3 is 1. The van der Waals surface area contributed by atoms with Gasteiger partial charge in [-0.25, -0.2) is 0 Å². The monoisotopic (exact) mass is 223 g/mol. The van der Waals surface area contributed by atoms with Crippen LogP contribution >= 0.6 is 0 Å². The molecule has 0 radical (unpaired) electrons. The first-order valence-corrected chi connectivity index (χ1v) is 4.79. The van der Waals surface area contributed by atoms with Gasteiger partial charge in [0.1, 0.15) is 5.75 Å². The maximum Gasteiger partial charge on any atom is 0.290 e. The summed E-state index contributed by atoms with van der Waals surface area (Å²) >= 11 is 0. The van der Waals surface area contributed by atoms with E-state index < -0.39 is 0 Å². The van der Waals surface area contributed by atoms with Crippen LogP contribution in [0.15, 0.2) is 30.8 Å². The number of carboxylic acid groups (broad SMARTS) is 1. The van der Waals surface area contributed by atoms with Crippen molar-refractivity contribution in [3.05, 3.63) is 36.4 Å². The topological polar surface area (TPSA) is 72.5 Å². The molecule has 1 aromatic carbocycles. The van der Waals surface area contributed by atoms with Crippen LogP contribution in [0.5, 0.6) is 5.75 Å². The summed E-state index contributed by atoms with van der Waals surface area (Å²) in [6.45, 7) is 4.34. The highest BCUT2D eigenvalue weighted by atomic mass is 16.5. The number of ether oxygens (including phenoxy) is 1. The van der Waals surface area contributed by atoms with Crippen molar-refractivity contribution in [1.29, 1.82) is 0 Å². The summed E-state index contributed by atoms with van der Waals surface area (Å²) in [6, 6.07) is 7.85. The largest absolute Gasteiger partial charge is 0.497 e. The summed E-state index contributed by atoms with van der Waals surface area (Å²) in [6.07, 6.45) is 0.827. The van der Waals surface area contributed by atoms with E-state index in [2.05, 4.69) is 6.58 Å². The van der Waals surface area contributed by atoms with Crippen LogP contribution in [0.3, 0.4) is 0 Å². The molecule has 0 saturated heterocycles. The molecule has 16 heavy (non-hydrogen) atoms. The molecule has 0 aliphatic rings. The Kier molecular flexibility index (Phi) is 7.53. The Balaban J connectivity index is 0.000000673. The maximum atomic E-state index is 8.36. The lowest BCUT2D eigenvalue weighted by atomic mass is 10.0. The van der Waals surface area contributed by atoms with Gasteiger partial charge >= 0.3 is 0 Å². The minimum absolute atomic E-state index is 0.250. The Morgan fingerprint density at radius 1 is 1.62 bits per heavy atom. The van der Waals surface area contributed by atoms with E-state index in [9.17, 15) is 0 Å². The van der Waals surface area contributed by atoms with Gasteiger partial charge in [-0.3, -0.25) is 4.79 Å². The predicted molar refractivity (Wildman–Crippen MR) is 64.4 cm³/mol. The summed E-state index contributed by atoms with van der Waals surface area (Å²) in [4.78, 5) is 8.36. The minimum atomic E-state index is -0.250. The molecule has 0 unspecified atom stereocenters. The van der Waals surface area contributed by atoms with Crippen LogP contribution in [-0.2, 0) is 4.79 Å². The number of benzene rings is 1. The van der Waals surface area contributed by atoms with E-state index in [0.717, 1.165) is 23.3 Å². The first kappa shape index (κ1) is 14.2. The summed E-state index contributed by atoms with van der Waals surface area (Å²) in [5, 5.41) is 6.89. The SMILES string of the molecule is C=C(CCN)c1cccc(OC)c1.O=CO. The zero-order chi connectivity index (χ0) is 12.4. The molecule has 4 heteroatoms. The highest BCUT2D eigenvalue weighted by molar-refractivity contribution is 5.64. The molecule has 0 amide bonds. The van der Waals surface area contributed by atoms with Crippen LogP contribution in [-0.4, -0.2) is 25.2 Å². The third-order valence-electron chi connectivity index (χ3n) is 1.92. The Labute approximate surface area is 95.3 Å². The van der Waals surface area contributed by atoms with Crippen molar-refractivity contribution < 1.29 is 14.6 Å². The number of hydrogen-bond acceptors (Lipinski definition) is 3. The molecule has 0 aliphatic carbocycles. The van der Waals surface area contributed by atoms with Gasteiger partial charge in [0.15, 0.2) is 0 Å². The van der Waals surface area contributed by atoms with Crippen LogP contribution in [0.1, 0.15) is 12.0 Å². The number of nitrogens with two attached hydrogens (primary N) is 1. The van der Waals surface area contributed by atoms with Crippen LogP contribution in [0, 0.1) is 0 Å². The standard InChI is InChI=1S/C11H15NO.CH2O2/c1-9(6-7-12)10-4-3-5-11(8-10)13-2;2-1-3/h3-5,8H,1,6-7,12H2,2H3;1H,(H,2,3). The first-order chi connectivity index (χ1) is 7.69. The fourth-order valence-corrected chi connectivity index (χ4v) is 1.16. The second kappa shape index (κ2) is 8.49. The number of hydrogen-bond donors (Lipinski definition) is 2. The van der Waals surface area contributed by atoms with Crippen LogP contribution < -0.4 is 10.5 Å². The molecule has 0 atom stereocenters. The zero-order valence-corrected chi connectivity index (χ0v) is 9.35. The van der Waals surface area contributed by atoms with E-state index in [0.29, 0.717) is 6.54 Å². The molecule has 4 nitrogen and oxygen atoms in total. The van der Waals surface area contributed by atoms with Crippen molar-refractivity contribution in [3.63, 3.8) is 0 Å². The molecule has 88 valence electrons. The third kappa shape index (κ3) is 5.17. The van der Waals surface area contributed by atoms with Crippen LogP contribution in [0.4, 0.5) is 0 Å². The number of rotatable bonds is 4. The van der Waals surface area contributed by atoms with Gasteiger partial charge in [0.25, 0.3) is 6.47 Å². The Morgan fingerprint density at radius 2 is 2.25 bits per heavy atom. The van der Waals surface area contributed by atoms with Gasteiger partial charge in [-0.15, -0.1) is 0 Å². The van der Waals surface area contributed by atoms with Gasteiger partial charge in [0, 0.05) is 0 Å². The quantitative estimate of drug-likeness (QED) is 0.763. The fourth-order valence-electron chi connectivity index (χ4n) is 1.16. The molecule has 0 saturated carbocycles. The molecule has 0 fully saturated rings. The first-order valence-electron chi connectivity index (χ1n) is 4.79. The highest BCUT2D eigenvalue weighted by Crippen LogP contribution is 2.20. The summed E-state index contributed by atoms with van der Waals surface area (Å²) in [7, 11) is 1.66. The van der Waals surface area contributed by atoms with Crippen molar-refractivity contribution in [2.75, 3.05) is 13.7 Å². The number of carbonyl (C=O) groups is 1. The molecule has 3 N–H and O–H groups in total. The third-order valence-corrected chi connectivity index (χ3v) is 1.92. The van der Waals surface area contributed by atoms with Crippen molar-refractivity contribution in [2.45, 2.75) is 6.42 Å². The average Bonchev–Trinajstić information content (AvgIpc) is 2.30. The molecule has 0 aliphatic heterocycles. The molecule has 0 bridgehead atoms. The van der Waals surface area contributed by atoms with E-state index in [1.807, 2.05) is 24.3 Å². The second-order valence-corrected chi connectivity index (χ2v) is 2.98. The lowest BCUT2D eigenvalue weighted by Gasteiger charge is -2.06. The van der Waals surface area contributed by atoms with Gasteiger partial charge in [0.2, 0.25) is 0 Å². The second-order valence-electron chi connectivity index (χ2n) is 2.98. The Morgan fingerprint density at radius 3 is 2.75 bits per heavy atom. The smallest absolute Gasteiger partial charge is 0.290 e.